The minimum absolute atomic E-state index is 0.0309. The summed E-state index contributed by atoms with van der Waals surface area (Å²) in [4.78, 5) is 38.0. The van der Waals surface area contributed by atoms with Crippen LogP contribution >= 0.6 is 0 Å². The summed E-state index contributed by atoms with van der Waals surface area (Å²) in [6.45, 7) is 5.95. The second-order valence-corrected chi connectivity index (χ2v) is 7.41. The van der Waals surface area contributed by atoms with Gasteiger partial charge in [-0.05, 0) is 19.4 Å². The van der Waals surface area contributed by atoms with Crippen molar-refractivity contribution in [3.63, 3.8) is 0 Å². The van der Waals surface area contributed by atoms with Crippen molar-refractivity contribution >= 4 is 22.6 Å². The van der Waals surface area contributed by atoms with E-state index in [4.69, 9.17) is 8.83 Å². The number of aromatic carboxylic acids is 1. The Bertz CT molecular complexity index is 1280. The summed E-state index contributed by atoms with van der Waals surface area (Å²) in [7, 11) is 0. The van der Waals surface area contributed by atoms with E-state index in [0.717, 1.165) is 6.07 Å². The molecule has 164 valence electrons. The number of hydrogen-bond acceptors (Lipinski definition) is 7. The molecule has 1 aromatic carbocycles. The van der Waals surface area contributed by atoms with Crippen LogP contribution in [0, 0.1) is 12.7 Å². The van der Waals surface area contributed by atoms with Gasteiger partial charge in [0.15, 0.2) is 5.76 Å². The maximum Gasteiger partial charge on any atom is 0.519 e. The second kappa shape index (κ2) is 8.03. The van der Waals surface area contributed by atoms with Gasteiger partial charge in [0.1, 0.15) is 17.1 Å². The number of hydrogen-bond donors (Lipinski definition) is 2. The van der Waals surface area contributed by atoms with Gasteiger partial charge in [-0.15, -0.1) is 0 Å². The van der Waals surface area contributed by atoms with E-state index in [1.54, 1.807) is 6.92 Å². The lowest BCUT2D eigenvalue weighted by Crippen LogP contribution is -2.44. The fourth-order valence-corrected chi connectivity index (χ4v) is 4.12. The standard InChI is InChI=1S/C21H22FN3O6/c1-3-12-17-13(8-15(22)18(12)24-6-4-23-5-7-24)19(26)14(20(27)28)9-25(17)10-16-11(2)30-21(29)31-16/h8-9,23H,3-7,10H2,1-2H3,(H,27,28). The van der Waals surface area contributed by atoms with Crippen molar-refractivity contribution in [2.75, 3.05) is 31.1 Å². The molecule has 0 saturated carbocycles. The van der Waals surface area contributed by atoms with E-state index in [1.165, 1.54) is 10.8 Å². The molecule has 1 aliphatic rings. The van der Waals surface area contributed by atoms with Crippen LogP contribution in [-0.4, -0.2) is 41.8 Å². The van der Waals surface area contributed by atoms with Crippen LogP contribution in [-0.2, 0) is 13.0 Å². The fourth-order valence-electron chi connectivity index (χ4n) is 4.12. The van der Waals surface area contributed by atoms with Crippen LogP contribution in [0.15, 0.2) is 30.7 Å². The number of aryl methyl sites for hydroxylation is 2. The van der Waals surface area contributed by atoms with Crippen molar-refractivity contribution in [3.8, 4) is 0 Å². The topological polar surface area (TPSA) is 118 Å². The largest absolute Gasteiger partial charge is 0.519 e. The van der Waals surface area contributed by atoms with Gasteiger partial charge >= 0.3 is 11.8 Å². The normalized spacial score (nSPS) is 14.4. The molecular weight excluding hydrogens is 409 g/mol. The number of carboxylic acid groups (broad SMARTS) is 1. The maximum atomic E-state index is 15.3. The molecule has 0 bridgehead atoms. The predicted molar refractivity (Wildman–Crippen MR) is 111 cm³/mol. The van der Waals surface area contributed by atoms with Crippen molar-refractivity contribution < 1.29 is 23.1 Å². The summed E-state index contributed by atoms with van der Waals surface area (Å²) in [5.74, 6) is -2.42. The van der Waals surface area contributed by atoms with Gasteiger partial charge in [0.2, 0.25) is 5.43 Å². The molecule has 0 amide bonds. The van der Waals surface area contributed by atoms with E-state index in [9.17, 15) is 19.5 Å². The zero-order valence-electron chi connectivity index (χ0n) is 17.2. The molecule has 2 N–H and O–H groups in total. The Labute approximate surface area is 175 Å². The molecule has 1 fully saturated rings. The number of fused-ring (bicyclic) bond motifs is 1. The Kier molecular flexibility index (Phi) is 5.40. The number of nitrogens with one attached hydrogen (secondary N) is 1. The Morgan fingerprint density at radius 3 is 2.55 bits per heavy atom. The second-order valence-electron chi connectivity index (χ2n) is 7.41. The molecule has 0 radical (unpaired) electrons. The number of piperazine rings is 1. The van der Waals surface area contributed by atoms with Crippen LogP contribution in [0.1, 0.15) is 34.4 Å². The van der Waals surface area contributed by atoms with E-state index in [2.05, 4.69) is 5.32 Å². The van der Waals surface area contributed by atoms with Crippen LogP contribution in [0.25, 0.3) is 10.9 Å². The number of rotatable bonds is 5. The van der Waals surface area contributed by atoms with Crippen molar-refractivity contribution in [3.05, 3.63) is 61.6 Å². The number of carboxylic acids is 1. The van der Waals surface area contributed by atoms with E-state index in [-0.39, 0.29) is 23.5 Å². The van der Waals surface area contributed by atoms with Crippen molar-refractivity contribution in [1.82, 2.24) is 9.88 Å². The zero-order valence-corrected chi connectivity index (χ0v) is 17.2. The summed E-state index contributed by atoms with van der Waals surface area (Å²) in [6.07, 6.45) is 1.62. The van der Waals surface area contributed by atoms with Crippen LogP contribution in [0.5, 0.6) is 0 Å². The molecule has 31 heavy (non-hydrogen) atoms. The number of benzene rings is 1. The van der Waals surface area contributed by atoms with Gasteiger partial charge in [-0.25, -0.2) is 14.0 Å². The fraction of sp³-hybridized carbons (Fsp3) is 0.381. The molecule has 3 heterocycles. The van der Waals surface area contributed by atoms with Gasteiger partial charge in [0.25, 0.3) is 0 Å². The first kappa shape index (κ1) is 20.9. The first-order chi connectivity index (χ1) is 14.8. The quantitative estimate of drug-likeness (QED) is 0.627. The SMILES string of the molecule is CCc1c(N2CCNCC2)c(F)cc2c(=O)c(C(=O)O)cn(Cc3oc(=O)oc3C)c12. The molecule has 9 nitrogen and oxygen atoms in total. The number of aromatic nitrogens is 1. The minimum atomic E-state index is -1.42. The first-order valence-corrected chi connectivity index (χ1v) is 9.98. The summed E-state index contributed by atoms with van der Waals surface area (Å²) < 4.78 is 26.8. The van der Waals surface area contributed by atoms with Crippen molar-refractivity contribution in [2.45, 2.75) is 26.8 Å². The molecule has 2 aromatic heterocycles. The molecule has 1 aliphatic heterocycles. The van der Waals surface area contributed by atoms with Crippen molar-refractivity contribution in [2.24, 2.45) is 0 Å². The zero-order chi connectivity index (χ0) is 22.3. The number of carbonyl (C=O) groups is 1. The molecule has 0 aliphatic carbocycles. The van der Waals surface area contributed by atoms with E-state index >= 15 is 4.39 Å². The third-order valence-electron chi connectivity index (χ3n) is 5.55. The summed E-state index contributed by atoms with van der Waals surface area (Å²) >= 11 is 0. The predicted octanol–water partition coefficient (Wildman–Crippen LogP) is 1.71. The summed E-state index contributed by atoms with van der Waals surface area (Å²) in [6, 6.07) is 1.11. The molecule has 0 unspecified atom stereocenters. The van der Waals surface area contributed by atoms with E-state index in [1.807, 2.05) is 11.8 Å². The Morgan fingerprint density at radius 2 is 1.97 bits per heavy atom. The highest BCUT2D eigenvalue weighted by Gasteiger charge is 2.25. The average Bonchev–Trinajstić information content (AvgIpc) is 3.06. The Balaban J connectivity index is 2.04. The van der Waals surface area contributed by atoms with Gasteiger partial charge < -0.3 is 28.7 Å². The lowest BCUT2D eigenvalue weighted by Gasteiger charge is -2.32. The summed E-state index contributed by atoms with van der Waals surface area (Å²) in [5, 5.41) is 12.7. The molecule has 10 heteroatoms. The maximum absolute atomic E-state index is 15.3. The van der Waals surface area contributed by atoms with E-state index < -0.39 is 28.6 Å². The van der Waals surface area contributed by atoms with Crippen LogP contribution in [0.3, 0.4) is 0 Å². The number of halogens is 1. The van der Waals surface area contributed by atoms with Gasteiger partial charge in [-0.2, -0.15) is 0 Å². The molecule has 3 aromatic rings. The first-order valence-electron chi connectivity index (χ1n) is 9.98. The minimum Gasteiger partial charge on any atom is -0.477 e. The third kappa shape index (κ3) is 3.63. The lowest BCUT2D eigenvalue weighted by atomic mass is 10.0. The Hall–Kier alpha value is -3.40. The highest BCUT2D eigenvalue weighted by molar-refractivity contribution is 5.95. The lowest BCUT2D eigenvalue weighted by molar-refractivity contribution is 0.0694. The van der Waals surface area contributed by atoms with Crippen molar-refractivity contribution in [1.29, 1.82) is 0 Å². The van der Waals surface area contributed by atoms with Gasteiger partial charge in [0, 0.05) is 43.3 Å². The molecular formula is C21H22FN3O6. The number of anilines is 1. The van der Waals surface area contributed by atoms with Crippen LogP contribution in [0.4, 0.5) is 10.1 Å². The highest BCUT2D eigenvalue weighted by Crippen LogP contribution is 2.32. The van der Waals surface area contributed by atoms with Gasteiger partial charge in [-0.1, -0.05) is 6.92 Å². The highest BCUT2D eigenvalue weighted by atomic mass is 19.1. The monoisotopic (exact) mass is 431 g/mol. The van der Waals surface area contributed by atoms with E-state index in [0.29, 0.717) is 49.4 Å². The van der Waals surface area contributed by atoms with Crippen LogP contribution in [0.2, 0.25) is 0 Å². The van der Waals surface area contributed by atoms with Gasteiger partial charge in [0.05, 0.1) is 17.7 Å². The molecule has 1 saturated heterocycles. The van der Waals surface area contributed by atoms with Gasteiger partial charge in [-0.3, -0.25) is 4.79 Å². The summed E-state index contributed by atoms with van der Waals surface area (Å²) in [5.41, 5.74) is 0.153. The average molecular weight is 431 g/mol. The molecule has 0 spiro atoms. The van der Waals surface area contributed by atoms with Crippen LogP contribution < -0.4 is 21.5 Å². The smallest absolute Gasteiger partial charge is 0.477 e. The number of pyridine rings is 1. The number of nitrogens with zero attached hydrogens (tertiary/aromatic N) is 2. The molecule has 4 rings (SSSR count). The Morgan fingerprint density at radius 1 is 1.26 bits per heavy atom. The third-order valence-corrected chi connectivity index (χ3v) is 5.55. The molecule has 0 atom stereocenters.